The van der Waals surface area contributed by atoms with Crippen LogP contribution in [-0.4, -0.2) is 35.7 Å². The van der Waals surface area contributed by atoms with Crippen molar-refractivity contribution in [2.45, 2.75) is 44.9 Å². The van der Waals surface area contributed by atoms with Crippen LogP contribution < -0.4 is 5.32 Å². The molecular formula is C22H25F3N2O2. The lowest BCUT2D eigenvalue weighted by molar-refractivity contribution is 0.0502. The lowest BCUT2D eigenvalue weighted by atomic mass is 9.93. The maximum absolute atomic E-state index is 14.4. The van der Waals surface area contributed by atoms with Gasteiger partial charge in [0.1, 0.15) is 11.4 Å². The smallest absolute Gasteiger partial charge is 0.407 e. The van der Waals surface area contributed by atoms with Gasteiger partial charge >= 0.3 is 6.09 Å². The molecule has 2 aromatic rings. The number of nitrogens with one attached hydrogen (secondary N) is 1. The van der Waals surface area contributed by atoms with Gasteiger partial charge in [0.05, 0.1) is 6.04 Å². The van der Waals surface area contributed by atoms with E-state index in [0.717, 1.165) is 11.6 Å². The Hall–Kier alpha value is -2.54. The molecule has 0 aliphatic carbocycles. The summed E-state index contributed by atoms with van der Waals surface area (Å²) in [5.41, 5.74) is 0.422. The predicted molar refractivity (Wildman–Crippen MR) is 104 cm³/mol. The van der Waals surface area contributed by atoms with E-state index in [-0.39, 0.29) is 5.56 Å². The van der Waals surface area contributed by atoms with Crippen molar-refractivity contribution in [3.63, 3.8) is 0 Å². The zero-order chi connectivity index (χ0) is 21.2. The Kier molecular flexibility index (Phi) is 6.17. The van der Waals surface area contributed by atoms with E-state index in [1.807, 2.05) is 35.2 Å². The molecule has 1 amide bonds. The molecule has 4 nitrogen and oxygen atoms in total. The minimum absolute atomic E-state index is 0.0421. The van der Waals surface area contributed by atoms with E-state index in [0.29, 0.717) is 25.7 Å². The first-order chi connectivity index (χ1) is 13.6. The Morgan fingerprint density at radius 3 is 2.38 bits per heavy atom. The standard InChI is InChI=1S/C22H25F3N2O2/c1-22(2,3)29-21(28)26-20-13-27(11-14-7-5-4-6-8-14)12-16(20)15-9-18(24)19(25)10-17(15)23/h4-10,16,20H,11-13H2,1-3H3,(H,26,28). The van der Waals surface area contributed by atoms with Crippen molar-refractivity contribution >= 4 is 6.09 Å². The highest BCUT2D eigenvalue weighted by molar-refractivity contribution is 5.68. The summed E-state index contributed by atoms with van der Waals surface area (Å²) < 4.78 is 47.0. The fourth-order valence-electron chi connectivity index (χ4n) is 3.60. The number of amides is 1. The maximum Gasteiger partial charge on any atom is 0.407 e. The van der Waals surface area contributed by atoms with Gasteiger partial charge in [-0.25, -0.2) is 18.0 Å². The average molecular weight is 406 g/mol. The van der Waals surface area contributed by atoms with Crippen LogP contribution in [0.15, 0.2) is 42.5 Å². The van der Waals surface area contributed by atoms with Crippen molar-refractivity contribution in [1.82, 2.24) is 10.2 Å². The summed E-state index contributed by atoms with van der Waals surface area (Å²) in [4.78, 5) is 14.3. The number of carbonyl (C=O) groups excluding carboxylic acids is 1. The van der Waals surface area contributed by atoms with Gasteiger partial charge in [0.15, 0.2) is 11.6 Å². The van der Waals surface area contributed by atoms with Gasteiger partial charge < -0.3 is 10.1 Å². The molecule has 0 spiro atoms. The Bertz CT molecular complexity index is 868. The fraction of sp³-hybridized carbons (Fsp3) is 0.409. The van der Waals surface area contributed by atoms with Crippen LogP contribution in [0, 0.1) is 17.5 Å². The first-order valence-electron chi connectivity index (χ1n) is 9.52. The van der Waals surface area contributed by atoms with Crippen molar-refractivity contribution < 1.29 is 22.7 Å². The highest BCUT2D eigenvalue weighted by Gasteiger charge is 2.37. The van der Waals surface area contributed by atoms with Gasteiger partial charge in [-0.3, -0.25) is 4.90 Å². The average Bonchev–Trinajstić information content (AvgIpc) is 2.99. The molecule has 0 aromatic heterocycles. The molecular weight excluding hydrogens is 381 g/mol. The van der Waals surface area contributed by atoms with Crippen molar-refractivity contribution in [2.24, 2.45) is 0 Å². The Labute approximate surface area is 168 Å². The Balaban J connectivity index is 1.83. The maximum atomic E-state index is 14.4. The van der Waals surface area contributed by atoms with Gasteiger partial charge in [-0.2, -0.15) is 0 Å². The second kappa shape index (κ2) is 8.45. The van der Waals surface area contributed by atoms with Crippen LogP contribution in [0.1, 0.15) is 37.8 Å². The molecule has 156 valence electrons. The normalized spacial score (nSPS) is 19.9. The molecule has 1 N–H and O–H groups in total. The molecule has 2 aromatic carbocycles. The number of nitrogens with zero attached hydrogens (tertiary/aromatic N) is 1. The largest absolute Gasteiger partial charge is 0.444 e. The number of halogens is 3. The number of rotatable bonds is 4. The third-order valence-corrected chi connectivity index (χ3v) is 4.79. The van der Waals surface area contributed by atoms with E-state index in [2.05, 4.69) is 5.32 Å². The number of ether oxygens (including phenoxy) is 1. The highest BCUT2D eigenvalue weighted by Crippen LogP contribution is 2.32. The number of hydrogen-bond acceptors (Lipinski definition) is 3. The van der Waals surface area contributed by atoms with Crippen LogP contribution in [0.4, 0.5) is 18.0 Å². The molecule has 1 aliphatic heterocycles. The predicted octanol–water partition coefficient (Wildman–Crippen LogP) is 4.60. The Morgan fingerprint density at radius 1 is 1.07 bits per heavy atom. The first-order valence-corrected chi connectivity index (χ1v) is 9.52. The van der Waals surface area contributed by atoms with Gasteiger partial charge in [-0.15, -0.1) is 0 Å². The van der Waals surface area contributed by atoms with E-state index in [1.165, 1.54) is 0 Å². The minimum Gasteiger partial charge on any atom is -0.444 e. The van der Waals surface area contributed by atoms with Gasteiger partial charge in [-0.05, 0) is 38.0 Å². The van der Waals surface area contributed by atoms with Gasteiger partial charge in [0, 0.05) is 31.6 Å². The van der Waals surface area contributed by atoms with E-state index in [4.69, 9.17) is 4.74 Å². The molecule has 0 saturated carbocycles. The number of likely N-dealkylation sites (tertiary alicyclic amines) is 1. The van der Waals surface area contributed by atoms with E-state index < -0.39 is 41.1 Å². The van der Waals surface area contributed by atoms with Crippen LogP contribution >= 0.6 is 0 Å². The van der Waals surface area contributed by atoms with Gasteiger partial charge in [-0.1, -0.05) is 30.3 Å². The van der Waals surface area contributed by atoms with Crippen molar-refractivity contribution in [2.75, 3.05) is 13.1 Å². The molecule has 2 unspecified atom stereocenters. The minimum atomic E-state index is -1.23. The van der Waals surface area contributed by atoms with Crippen molar-refractivity contribution in [3.8, 4) is 0 Å². The monoisotopic (exact) mass is 406 g/mol. The zero-order valence-electron chi connectivity index (χ0n) is 16.7. The summed E-state index contributed by atoms with van der Waals surface area (Å²) in [6.45, 7) is 6.64. The molecule has 29 heavy (non-hydrogen) atoms. The van der Waals surface area contributed by atoms with Crippen LogP contribution in [0.25, 0.3) is 0 Å². The summed E-state index contributed by atoms with van der Waals surface area (Å²) in [6, 6.07) is 10.6. The quantitative estimate of drug-likeness (QED) is 0.755. The molecule has 1 fully saturated rings. The lowest BCUT2D eigenvalue weighted by Gasteiger charge is -2.24. The van der Waals surface area contributed by atoms with E-state index in [1.54, 1.807) is 20.8 Å². The van der Waals surface area contributed by atoms with Crippen LogP contribution in [0.3, 0.4) is 0 Å². The summed E-state index contributed by atoms with van der Waals surface area (Å²) in [6.07, 6.45) is -0.628. The summed E-state index contributed by atoms with van der Waals surface area (Å²) in [7, 11) is 0. The molecule has 2 atom stereocenters. The van der Waals surface area contributed by atoms with Crippen LogP contribution in [-0.2, 0) is 11.3 Å². The molecule has 0 radical (unpaired) electrons. The van der Waals surface area contributed by atoms with Crippen molar-refractivity contribution in [3.05, 3.63) is 71.0 Å². The van der Waals surface area contributed by atoms with Gasteiger partial charge in [0.25, 0.3) is 0 Å². The van der Waals surface area contributed by atoms with Crippen LogP contribution in [0.2, 0.25) is 0 Å². The van der Waals surface area contributed by atoms with E-state index >= 15 is 0 Å². The molecule has 1 heterocycles. The van der Waals surface area contributed by atoms with Crippen molar-refractivity contribution in [1.29, 1.82) is 0 Å². The summed E-state index contributed by atoms with van der Waals surface area (Å²) in [5.74, 6) is -3.71. The third-order valence-electron chi connectivity index (χ3n) is 4.79. The second-order valence-electron chi connectivity index (χ2n) is 8.33. The first kappa shape index (κ1) is 21.2. The number of benzene rings is 2. The fourth-order valence-corrected chi connectivity index (χ4v) is 3.60. The second-order valence-corrected chi connectivity index (χ2v) is 8.33. The lowest BCUT2D eigenvalue weighted by Crippen LogP contribution is -2.42. The zero-order valence-corrected chi connectivity index (χ0v) is 16.7. The summed E-state index contributed by atoms with van der Waals surface area (Å²) >= 11 is 0. The van der Waals surface area contributed by atoms with Gasteiger partial charge in [0.2, 0.25) is 0 Å². The topological polar surface area (TPSA) is 41.6 Å². The van der Waals surface area contributed by atoms with E-state index in [9.17, 15) is 18.0 Å². The van der Waals surface area contributed by atoms with Crippen LogP contribution in [0.5, 0.6) is 0 Å². The third kappa shape index (κ3) is 5.50. The molecule has 7 heteroatoms. The molecule has 3 rings (SSSR count). The SMILES string of the molecule is CC(C)(C)OC(=O)NC1CN(Cc2ccccc2)CC1c1cc(F)c(F)cc1F. The number of carbonyl (C=O) groups is 1. The highest BCUT2D eigenvalue weighted by atomic mass is 19.2. The molecule has 1 aliphatic rings. The molecule has 1 saturated heterocycles. The summed E-state index contributed by atoms with van der Waals surface area (Å²) in [5, 5.41) is 2.78. The number of alkyl carbamates (subject to hydrolysis) is 1. The Morgan fingerprint density at radius 2 is 1.72 bits per heavy atom. The number of hydrogen-bond donors (Lipinski definition) is 1. The molecule has 0 bridgehead atoms.